The molecular formula is C26H23N3O5. The molecule has 2 aromatic heterocycles. The van der Waals surface area contributed by atoms with E-state index in [1.54, 1.807) is 60.9 Å². The minimum atomic E-state index is -0.902. The van der Waals surface area contributed by atoms with E-state index in [0.29, 0.717) is 29.0 Å². The van der Waals surface area contributed by atoms with Crippen LogP contribution in [-0.4, -0.2) is 39.3 Å². The van der Waals surface area contributed by atoms with Crippen LogP contribution in [0.1, 0.15) is 41.4 Å². The summed E-state index contributed by atoms with van der Waals surface area (Å²) in [6, 6.07) is 11.9. The van der Waals surface area contributed by atoms with Crippen LogP contribution in [0, 0.1) is 5.92 Å². The third-order valence-electron chi connectivity index (χ3n) is 5.33. The van der Waals surface area contributed by atoms with Crippen molar-refractivity contribution >= 4 is 29.1 Å². The molecule has 1 fully saturated rings. The van der Waals surface area contributed by atoms with E-state index in [-0.39, 0.29) is 17.3 Å². The monoisotopic (exact) mass is 457 g/mol. The number of anilines is 1. The van der Waals surface area contributed by atoms with Crippen LogP contribution in [0.4, 0.5) is 5.69 Å². The second-order valence-corrected chi connectivity index (χ2v) is 8.23. The van der Waals surface area contributed by atoms with Crippen molar-refractivity contribution in [3.63, 3.8) is 0 Å². The van der Waals surface area contributed by atoms with Gasteiger partial charge in [0.15, 0.2) is 0 Å². The minimum Gasteiger partial charge on any atom is -0.507 e. The Kier molecular flexibility index (Phi) is 6.49. The molecular weight excluding hydrogens is 434 g/mol. The maximum atomic E-state index is 13.1. The van der Waals surface area contributed by atoms with Gasteiger partial charge in [-0.1, -0.05) is 19.9 Å². The van der Waals surface area contributed by atoms with Gasteiger partial charge in [0.25, 0.3) is 11.7 Å². The van der Waals surface area contributed by atoms with Gasteiger partial charge in [-0.05, 0) is 53.9 Å². The first-order valence-electron chi connectivity index (χ1n) is 10.8. The number of aliphatic hydroxyl groups is 1. The number of hydrogen-bond donors (Lipinski definition) is 1. The average molecular weight is 457 g/mol. The van der Waals surface area contributed by atoms with Gasteiger partial charge in [0.05, 0.1) is 23.8 Å². The van der Waals surface area contributed by atoms with Crippen molar-refractivity contribution in [1.82, 2.24) is 9.97 Å². The summed E-state index contributed by atoms with van der Waals surface area (Å²) < 4.78 is 5.25. The molecule has 0 bridgehead atoms. The molecule has 34 heavy (non-hydrogen) atoms. The van der Waals surface area contributed by atoms with Gasteiger partial charge in [-0.15, -0.1) is 0 Å². The number of Topliss-reactive ketones (excluding diaryl/α,β-unsaturated/α-hetero) is 1. The predicted molar refractivity (Wildman–Crippen MR) is 125 cm³/mol. The van der Waals surface area contributed by atoms with Crippen molar-refractivity contribution in [2.24, 2.45) is 5.92 Å². The molecule has 4 rings (SSSR count). The average Bonchev–Trinajstić information content (AvgIpc) is 3.13. The van der Waals surface area contributed by atoms with E-state index < -0.39 is 23.7 Å². The number of carbonyl (C=O) groups excluding carboxylic acids is 3. The Labute approximate surface area is 196 Å². The van der Waals surface area contributed by atoms with Gasteiger partial charge in [0.1, 0.15) is 5.76 Å². The number of aliphatic hydroxyl groups excluding tert-OH is 1. The molecule has 3 heterocycles. The fraction of sp³-hybridized carbons (Fsp3) is 0.192. The van der Waals surface area contributed by atoms with Gasteiger partial charge in [-0.3, -0.25) is 24.5 Å². The summed E-state index contributed by atoms with van der Waals surface area (Å²) in [6.07, 6.45) is 6.10. The summed E-state index contributed by atoms with van der Waals surface area (Å²) in [5, 5.41) is 11.0. The number of esters is 1. The highest BCUT2D eigenvalue weighted by Gasteiger charge is 2.47. The number of ketones is 1. The maximum Gasteiger partial charge on any atom is 0.338 e. The largest absolute Gasteiger partial charge is 0.507 e. The van der Waals surface area contributed by atoms with Crippen LogP contribution in [0.2, 0.25) is 0 Å². The second kappa shape index (κ2) is 9.66. The number of ether oxygens (including phenoxy) is 1. The lowest BCUT2D eigenvalue weighted by Gasteiger charge is -2.25. The fourth-order valence-corrected chi connectivity index (χ4v) is 3.70. The molecule has 172 valence electrons. The van der Waals surface area contributed by atoms with Gasteiger partial charge in [0, 0.05) is 36.0 Å². The number of carbonyl (C=O) groups is 3. The summed E-state index contributed by atoms with van der Waals surface area (Å²) in [5.74, 6) is -2.17. The van der Waals surface area contributed by atoms with Gasteiger partial charge < -0.3 is 9.84 Å². The lowest BCUT2D eigenvalue weighted by molar-refractivity contribution is -0.132. The Morgan fingerprint density at radius 2 is 1.71 bits per heavy atom. The van der Waals surface area contributed by atoms with E-state index in [4.69, 9.17) is 4.74 Å². The van der Waals surface area contributed by atoms with Crippen molar-refractivity contribution in [2.75, 3.05) is 11.5 Å². The Hall–Kier alpha value is -4.33. The topological polar surface area (TPSA) is 110 Å². The highest BCUT2D eigenvalue weighted by Crippen LogP contribution is 2.41. The highest BCUT2D eigenvalue weighted by molar-refractivity contribution is 6.51. The molecule has 0 radical (unpaired) electrons. The maximum absolute atomic E-state index is 13.1. The van der Waals surface area contributed by atoms with Gasteiger partial charge in [-0.2, -0.15) is 0 Å². The molecule has 0 spiro atoms. The number of rotatable bonds is 6. The quantitative estimate of drug-likeness (QED) is 0.259. The highest BCUT2D eigenvalue weighted by atomic mass is 16.5. The van der Waals surface area contributed by atoms with Crippen LogP contribution < -0.4 is 4.90 Å². The lowest BCUT2D eigenvalue weighted by atomic mass is 9.96. The number of amides is 1. The van der Waals surface area contributed by atoms with E-state index in [1.165, 1.54) is 17.3 Å². The van der Waals surface area contributed by atoms with Gasteiger partial charge in [-0.25, -0.2) is 4.79 Å². The summed E-state index contributed by atoms with van der Waals surface area (Å²) in [7, 11) is 0. The molecule has 1 aromatic carbocycles. The van der Waals surface area contributed by atoms with Crippen LogP contribution >= 0.6 is 0 Å². The standard InChI is InChI=1S/C26H23N3O5/c1-16(2)15-34-26(33)18-5-7-20(8-6-18)29-22(19-4-3-11-28-14-19)21(24(31)25(29)32)23(30)17-9-12-27-13-10-17/h3-14,16,22,30H,15H2,1-2H3/b23-21+. The first-order valence-corrected chi connectivity index (χ1v) is 10.8. The lowest BCUT2D eigenvalue weighted by Crippen LogP contribution is -2.29. The molecule has 1 N–H and O–H groups in total. The third kappa shape index (κ3) is 4.43. The number of nitrogens with zero attached hydrogens (tertiary/aromatic N) is 3. The number of benzene rings is 1. The molecule has 1 atom stereocenters. The fourth-order valence-electron chi connectivity index (χ4n) is 3.70. The molecule has 3 aromatic rings. The van der Waals surface area contributed by atoms with E-state index in [1.807, 2.05) is 13.8 Å². The molecule has 1 saturated heterocycles. The SMILES string of the molecule is CC(C)COC(=O)c1ccc(N2C(=O)C(=O)/C(=C(/O)c3ccncc3)C2c2cccnc2)cc1. The molecule has 8 heteroatoms. The summed E-state index contributed by atoms with van der Waals surface area (Å²) >= 11 is 0. The zero-order chi connectivity index (χ0) is 24.2. The molecule has 1 aliphatic heterocycles. The van der Waals surface area contributed by atoms with Crippen molar-refractivity contribution in [3.05, 3.63) is 95.6 Å². The van der Waals surface area contributed by atoms with Crippen LogP contribution in [0.15, 0.2) is 78.9 Å². The number of aromatic nitrogens is 2. The third-order valence-corrected chi connectivity index (χ3v) is 5.33. The Bertz CT molecular complexity index is 1240. The van der Waals surface area contributed by atoms with E-state index in [9.17, 15) is 19.5 Å². The van der Waals surface area contributed by atoms with Gasteiger partial charge >= 0.3 is 5.97 Å². The summed E-state index contributed by atoms with van der Waals surface area (Å²) in [6.45, 7) is 4.18. The number of hydrogen-bond acceptors (Lipinski definition) is 7. The Morgan fingerprint density at radius 1 is 1.00 bits per heavy atom. The van der Waals surface area contributed by atoms with E-state index >= 15 is 0 Å². The smallest absolute Gasteiger partial charge is 0.338 e. The molecule has 1 unspecified atom stereocenters. The molecule has 0 saturated carbocycles. The van der Waals surface area contributed by atoms with Crippen LogP contribution in [0.5, 0.6) is 0 Å². The molecule has 1 aliphatic rings. The van der Waals surface area contributed by atoms with Crippen LogP contribution in [-0.2, 0) is 14.3 Å². The van der Waals surface area contributed by atoms with Gasteiger partial charge in [0.2, 0.25) is 0 Å². The predicted octanol–water partition coefficient (Wildman–Crippen LogP) is 3.92. The van der Waals surface area contributed by atoms with Crippen molar-refractivity contribution in [1.29, 1.82) is 0 Å². The Balaban J connectivity index is 1.77. The number of pyridine rings is 2. The van der Waals surface area contributed by atoms with Crippen LogP contribution in [0.25, 0.3) is 5.76 Å². The van der Waals surface area contributed by atoms with Crippen molar-refractivity contribution in [2.45, 2.75) is 19.9 Å². The zero-order valence-corrected chi connectivity index (χ0v) is 18.7. The molecule has 1 amide bonds. The second-order valence-electron chi connectivity index (χ2n) is 8.23. The van der Waals surface area contributed by atoms with E-state index in [2.05, 4.69) is 9.97 Å². The van der Waals surface area contributed by atoms with Crippen molar-refractivity contribution in [3.8, 4) is 0 Å². The summed E-state index contributed by atoms with van der Waals surface area (Å²) in [5.41, 5.74) is 1.59. The van der Waals surface area contributed by atoms with Crippen LogP contribution in [0.3, 0.4) is 0 Å². The first kappa shape index (κ1) is 22.8. The first-order chi connectivity index (χ1) is 16.4. The zero-order valence-electron chi connectivity index (χ0n) is 18.7. The van der Waals surface area contributed by atoms with Crippen molar-refractivity contribution < 1.29 is 24.2 Å². The normalized spacial score (nSPS) is 17.3. The molecule has 0 aliphatic carbocycles. The minimum absolute atomic E-state index is 0.0513. The van der Waals surface area contributed by atoms with E-state index in [0.717, 1.165) is 0 Å². The molecule has 8 nitrogen and oxygen atoms in total. The Morgan fingerprint density at radius 3 is 2.32 bits per heavy atom. The summed E-state index contributed by atoms with van der Waals surface area (Å²) in [4.78, 5) is 47.9.